The number of hydrogen-bond acceptors (Lipinski definition) is 3. The van der Waals surface area contributed by atoms with E-state index in [4.69, 9.17) is 5.21 Å². The molecule has 2 aromatic rings. The van der Waals surface area contributed by atoms with Gasteiger partial charge in [-0.05, 0) is 17.5 Å². The molecular weight excluding hydrogens is 280 g/mol. The molecule has 0 saturated carbocycles. The lowest BCUT2D eigenvalue weighted by molar-refractivity contribution is -0.140. The Morgan fingerprint density at radius 2 is 1.41 bits per heavy atom. The molecule has 0 spiro atoms. The highest BCUT2D eigenvalue weighted by atomic mass is 16.5. The van der Waals surface area contributed by atoms with Crippen LogP contribution in [0.25, 0.3) is 0 Å². The Morgan fingerprint density at radius 1 is 0.864 bits per heavy atom. The van der Waals surface area contributed by atoms with Crippen molar-refractivity contribution in [3.05, 3.63) is 71.8 Å². The molecule has 1 atom stereocenters. The first-order chi connectivity index (χ1) is 10.7. The SMILES string of the molecule is O=C(NO)[C@@H](Cc1ccccc1)C(=O)NCc1ccccc1. The van der Waals surface area contributed by atoms with E-state index in [9.17, 15) is 9.59 Å². The number of carbonyl (C=O) groups is 2. The number of amides is 2. The average Bonchev–Trinajstić information content (AvgIpc) is 2.58. The molecule has 22 heavy (non-hydrogen) atoms. The van der Waals surface area contributed by atoms with Gasteiger partial charge in [-0.2, -0.15) is 0 Å². The normalized spacial score (nSPS) is 11.5. The number of hydrogen-bond donors (Lipinski definition) is 3. The number of hydroxylamine groups is 1. The lowest BCUT2D eigenvalue weighted by Gasteiger charge is -2.15. The highest BCUT2D eigenvalue weighted by molar-refractivity contribution is 6.00. The molecule has 0 aliphatic carbocycles. The summed E-state index contributed by atoms with van der Waals surface area (Å²) in [5, 5.41) is 11.6. The van der Waals surface area contributed by atoms with E-state index in [1.54, 1.807) is 5.48 Å². The Bertz CT molecular complexity index is 614. The van der Waals surface area contributed by atoms with Gasteiger partial charge in [0, 0.05) is 6.54 Å². The van der Waals surface area contributed by atoms with E-state index in [0.29, 0.717) is 6.54 Å². The lowest BCUT2D eigenvalue weighted by Crippen LogP contribution is -2.41. The maximum Gasteiger partial charge on any atom is 0.256 e. The summed E-state index contributed by atoms with van der Waals surface area (Å²) < 4.78 is 0. The maximum absolute atomic E-state index is 12.2. The van der Waals surface area contributed by atoms with Crippen LogP contribution in [0.2, 0.25) is 0 Å². The van der Waals surface area contributed by atoms with Crippen LogP contribution in [0.5, 0.6) is 0 Å². The van der Waals surface area contributed by atoms with Gasteiger partial charge in [0.2, 0.25) is 5.91 Å². The van der Waals surface area contributed by atoms with Crippen LogP contribution in [0.15, 0.2) is 60.7 Å². The van der Waals surface area contributed by atoms with Gasteiger partial charge in [-0.25, -0.2) is 5.48 Å². The summed E-state index contributed by atoms with van der Waals surface area (Å²) in [6.07, 6.45) is 0.230. The van der Waals surface area contributed by atoms with Crippen molar-refractivity contribution in [2.75, 3.05) is 0 Å². The number of rotatable bonds is 6. The summed E-state index contributed by atoms with van der Waals surface area (Å²) in [5.74, 6) is -2.11. The molecule has 0 bridgehead atoms. The van der Waals surface area contributed by atoms with E-state index in [-0.39, 0.29) is 6.42 Å². The Labute approximate surface area is 128 Å². The largest absolute Gasteiger partial charge is 0.351 e. The molecule has 0 fully saturated rings. The summed E-state index contributed by atoms with van der Waals surface area (Å²) >= 11 is 0. The highest BCUT2D eigenvalue weighted by Gasteiger charge is 2.26. The molecule has 5 nitrogen and oxygen atoms in total. The second-order valence-electron chi connectivity index (χ2n) is 4.92. The van der Waals surface area contributed by atoms with Crippen LogP contribution >= 0.6 is 0 Å². The zero-order chi connectivity index (χ0) is 15.8. The molecule has 114 valence electrons. The van der Waals surface area contributed by atoms with Crippen LogP contribution in [-0.2, 0) is 22.6 Å². The first kappa shape index (κ1) is 15.7. The fraction of sp³-hybridized carbons (Fsp3) is 0.176. The molecule has 0 saturated heterocycles. The van der Waals surface area contributed by atoms with Gasteiger partial charge in [0.05, 0.1) is 0 Å². The summed E-state index contributed by atoms with van der Waals surface area (Å²) in [7, 11) is 0. The van der Waals surface area contributed by atoms with E-state index in [0.717, 1.165) is 11.1 Å². The van der Waals surface area contributed by atoms with Crippen LogP contribution < -0.4 is 10.8 Å². The van der Waals surface area contributed by atoms with Gasteiger partial charge in [-0.3, -0.25) is 14.8 Å². The molecule has 0 radical (unpaired) electrons. The number of carbonyl (C=O) groups excluding carboxylic acids is 2. The molecule has 2 amide bonds. The van der Waals surface area contributed by atoms with Gasteiger partial charge in [0.1, 0.15) is 5.92 Å². The number of nitrogens with one attached hydrogen (secondary N) is 2. The Hall–Kier alpha value is -2.66. The van der Waals surface area contributed by atoms with Crippen LogP contribution in [0.1, 0.15) is 11.1 Å². The first-order valence-electron chi connectivity index (χ1n) is 7.00. The molecular formula is C17H18N2O3. The van der Waals surface area contributed by atoms with Gasteiger partial charge >= 0.3 is 0 Å². The second-order valence-corrected chi connectivity index (χ2v) is 4.92. The van der Waals surface area contributed by atoms with Gasteiger partial charge in [0.15, 0.2) is 0 Å². The zero-order valence-corrected chi connectivity index (χ0v) is 12.0. The first-order valence-corrected chi connectivity index (χ1v) is 7.00. The van der Waals surface area contributed by atoms with Crippen molar-refractivity contribution >= 4 is 11.8 Å². The minimum atomic E-state index is -0.976. The maximum atomic E-state index is 12.2. The van der Waals surface area contributed by atoms with Gasteiger partial charge in [-0.15, -0.1) is 0 Å². The Morgan fingerprint density at radius 3 is 1.95 bits per heavy atom. The van der Waals surface area contributed by atoms with Crippen molar-refractivity contribution in [2.24, 2.45) is 5.92 Å². The van der Waals surface area contributed by atoms with Crippen molar-refractivity contribution < 1.29 is 14.8 Å². The van der Waals surface area contributed by atoms with Crippen molar-refractivity contribution in [3.8, 4) is 0 Å². The molecule has 0 aromatic heterocycles. The third-order valence-electron chi connectivity index (χ3n) is 3.34. The van der Waals surface area contributed by atoms with E-state index in [1.807, 2.05) is 60.7 Å². The summed E-state index contributed by atoms with van der Waals surface area (Å²) in [4.78, 5) is 24.0. The smallest absolute Gasteiger partial charge is 0.256 e. The van der Waals surface area contributed by atoms with Crippen LogP contribution in [0.3, 0.4) is 0 Å². The molecule has 2 aromatic carbocycles. The van der Waals surface area contributed by atoms with E-state index >= 15 is 0 Å². The Kier molecular flexibility index (Phi) is 5.68. The van der Waals surface area contributed by atoms with E-state index in [2.05, 4.69) is 5.32 Å². The molecule has 2 rings (SSSR count). The van der Waals surface area contributed by atoms with Crippen molar-refractivity contribution in [2.45, 2.75) is 13.0 Å². The minimum Gasteiger partial charge on any atom is -0.351 e. The standard InChI is InChI=1S/C17H18N2O3/c20-16(18-12-14-9-5-2-6-10-14)15(17(21)19-22)11-13-7-3-1-4-8-13/h1-10,15,22H,11-12H2,(H,18,20)(H,19,21)/t15-/m0/s1. The van der Waals surface area contributed by atoms with Crippen molar-refractivity contribution in [1.29, 1.82) is 0 Å². The summed E-state index contributed by atoms with van der Waals surface area (Å²) in [6.45, 7) is 0.337. The quantitative estimate of drug-likeness (QED) is 0.431. The predicted octanol–water partition coefficient (Wildman–Crippen LogP) is 1.67. The van der Waals surface area contributed by atoms with E-state index in [1.165, 1.54) is 0 Å². The average molecular weight is 298 g/mol. The third-order valence-corrected chi connectivity index (χ3v) is 3.34. The van der Waals surface area contributed by atoms with Crippen molar-refractivity contribution in [1.82, 2.24) is 10.8 Å². The van der Waals surface area contributed by atoms with Gasteiger partial charge < -0.3 is 5.32 Å². The molecule has 5 heteroatoms. The zero-order valence-electron chi connectivity index (χ0n) is 12.0. The molecule has 0 aliphatic rings. The van der Waals surface area contributed by atoms with Gasteiger partial charge in [-0.1, -0.05) is 60.7 Å². The summed E-state index contributed by atoms with van der Waals surface area (Å²) in [5.41, 5.74) is 3.36. The third kappa shape index (κ3) is 4.43. The van der Waals surface area contributed by atoms with Gasteiger partial charge in [0.25, 0.3) is 5.91 Å². The molecule has 0 aliphatic heterocycles. The summed E-state index contributed by atoms with van der Waals surface area (Å²) in [6, 6.07) is 18.6. The molecule has 0 heterocycles. The monoisotopic (exact) mass is 298 g/mol. The Balaban J connectivity index is 2.02. The van der Waals surface area contributed by atoms with Crippen molar-refractivity contribution in [3.63, 3.8) is 0 Å². The van der Waals surface area contributed by atoms with Crippen LogP contribution in [0.4, 0.5) is 0 Å². The predicted molar refractivity (Wildman–Crippen MR) is 81.9 cm³/mol. The minimum absolute atomic E-state index is 0.230. The molecule has 0 unspecified atom stereocenters. The lowest BCUT2D eigenvalue weighted by atomic mass is 9.97. The van der Waals surface area contributed by atoms with E-state index < -0.39 is 17.7 Å². The highest BCUT2D eigenvalue weighted by Crippen LogP contribution is 2.10. The molecule has 3 N–H and O–H groups in total. The topological polar surface area (TPSA) is 78.4 Å². The van der Waals surface area contributed by atoms with Crippen LogP contribution in [-0.4, -0.2) is 17.0 Å². The van der Waals surface area contributed by atoms with Crippen LogP contribution in [0, 0.1) is 5.92 Å². The fourth-order valence-electron chi connectivity index (χ4n) is 2.14. The number of benzene rings is 2. The fourth-order valence-corrected chi connectivity index (χ4v) is 2.14. The second kappa shape index (κ2) is 7.95.